The van der Waals surface area contributed by atoms with Crippen molar-refractivity contribution in [3.63, 3.8) is 0 Å². The highest BCUT2D eigenvalue weighted by molar-refractivity contribution is 9.10. The second kappa shape index (κ2) is 9.61. The zero-order chi connectivity index (χ0) is 17.4. The monoisotopic (exact) mass is 410 g/mol. The summed E-state index contributed by atoms with van der Waals surface area (Å²) in [6.45, 7) is 5.36. The third-order valence-corrected chi connectivity index (χ3v) is 4.59. The fraction of sp³-hybridized carbons (Fsp3) is 0.312. The number of thioether (sulfide) groups is 1. The van der Waals surface area contributed by atoms with Crippen LogP contribution in [-0.2, 0) is 16.1 Å². The van der Waals surface area contributed by atoms with Gasteiger partial charge in [-0.2, -0.15) is 0 Å². The van der Waals surface area contributed by atoms with Gasteiger partial charge < -0.3 is 10.1 Å². The maximum atomic E-state index is 11.8. The fourth-order valence-corrected chi connectivity index (χ4v) is 3.02. The number of methoxy groups -OCH3 is 1. The molecule has 0 atom stereocenters. The van der Waals surface area contributed by atoms with Crippen molar-refractivity contribution in [2.45, 2.75) is 11.7 Å². The first-order chi connectivity index (χ1) is 11.7. The van der Waals surface area contributed by atoms with Crippen molar-refractivity contribution >= 4 is 33.6 Å². The Morgan fingerprint density at radius 2 is 2.17 bits per heavy atom. The van der Waals surface area contributed by atoms with Crippen LogP contribution < -0.4 is 5.32 Å². The molecule has 1 N–H and O–H groups in total. The lowest BCUT2D eigenvalue weighted by Gasteiger charge is -2.08. The zero-order valence-corrected chi connectivity index (χ0v) is 15.8. The Balaban J connectivity index is 2.09. The number of benzene rings is 1. The molecule has 0 aliphatic carbocycles. The number of ether oxygens (including phenoxy) is 1. The van der Waals surface area contributed by atoms with Crippen molar-refractivity contribution in [2.75, 3.05) is 26.0 Å². The van der Waals surface area contributed by atoms with Gasteiger partial charge in [0.05, 0.1) is 12.4 Å². The van der Waals surface area contributed by atoms with Crippen molar-refractivity contribution in [3.8, 4) is 11.4 Å². The topological polar surface area (TPSA) is 69.0 Å². The van der Waals surface area contributed by atoms with E-state index in [9.17, 15) is 4.79 Å². The molecule has 6 nitrogen and oxygen atoms in total. The molecule has 1 amide bonds. The minimum Gasteiger partial charge on any atom is -0.383 e. The van der Waals surface area contributed by atoms with Crippen molar-refractivity contribution in [2.24, 2.45) is 0 Å². The molecule has 0 saturated carbocycles. The van der Waals surface area contributed by atoms with Crippen LogP contribution in [0.25, 0.3) is 11.4 Å². The number of carbonyl (C=O) groups is 1. The fourth-order valence-electron chi connectivity index (χ4n) is 1.98. The molecule has 0 saturated heterocycles. The number of nitrogens with zero attached hydrogens (tertiary/aromatic N) is 3. The van der Waals surface area contributed by atoms with Crippen LogP contribution in [0, 0.1) is 0 Å². The first kappa shape index (κ1) is 18.7. The van der Waals surface area contributed by atoms with E-state index in [1.165, 1.54) is 11.8 Å². The van der Waals surface area contributed by atoms with Gasteiger partial charge in [0.15, 0.2) is 11.0 Å². The highest BCUT2D eigenvalue weighted by Crippen LogP contribution is 2.25. The summed E-state index contributed by atoms with van der Waals surface area (Å²) in [5.41, 5.74) is 0.962. The highest BCUT2D eigenvalue weighted by Gasteiger charge is 2.14. The molecule has 0 bridgehead atoms. The van der Waals surface area contributed by atoms with E-state index in [0.717, 1.165) is 15.9 Å². The van der Waals surface area contributed by atoms with E-state index < -0.39 is 0 Å². The van der Waals surface area contributed by atoms with Crippen LogP contribution in [0.3, 0.4) is 0 Å². The van der Waals surface area contributed by atoms with E-state index in [1.54, 1.807) is 13.2 Å². The van der Waals surface area contributed by atoms with Gasteiger partial charge in [-0.25, -0.2) is 0 Å². The van der Waals surface area contributed by atoms with Crippen LogP contribution in [0.2, 0.25) is 0 Å². The van der Waals surface area contributed by atoms with Crippen LogP contribution >= 0.6 is 27.7 Å². The number of aromatic nitrogens is 3. The lowest BCUT2D eigenvalue weighted by atomic mass is 10.2. The molecular weight excluding hydrogens is 392 g/mol. The van der Waals surface area contributed by atoms with Gasteiger partial charge in [0.2, 0.25) is 5.91 Å². The van der Waals surface area contributed by atoms with E-state index in [4.69, 9.17) is 4.74 Å². The number of allylic oxidation sites excluding steroid dienone is 1. The van der Waals surface area contributed by atoms with Gasteiger partial charge in [-0.05, 0) is 12.1 Å². The van der Waals surface area contributed by atoms with E-state index in [1.807, 2.05) is 28.8 Å². The number of amides is 1. The third-order valence-electron chi connectivity index (χ3n) is 3.09. The summed E-state index contributed by atoms with van der Waals surface area (Å²) in [6.07, 6.45) is 1.79. The molecule has 0 spiro atoms. The average molecular weight is 411 g/mol. The van der Waals surface area contributed by atoms with Crippen LogP contribution in [0.5, 0.6) is 0 Å². The second-order valence-corrected chi connectivity index (χ2v) is 6.70. The lowest BCUT2D eigenvalue weighted by Crippen LogP contribution is -2.28. The molecular formula is C16H19BrN4O2S. The van der Waals surface area contributed by atoms with Gasteiger partial charge in [-0.3, -0.25) is 9.36 Å². The SMILES string of the molecule is C=CCn1c(SCC(=O)NCCOC)nnc1-c1ccc(Br)cc1. The zero-order valence-electron chi connectivity index (χ0n) is 13.4. The number of hydrogen-bond acceptors (Lipinski definition) is 5. The largest absolute Gasteiger partial charge is 0.383 e. The lowest BCUT2D eigenvalue weighted by molar-refractivity contribution is -0.118. The molecule has 24 heavy (non-hydrogen) atoms. The van der Waals surface area contributed by atoms with Crippen molar-refractivity contribution in [1.82, 2.24) is 20.1 Å². The second-order valence-electron chi connectivity index (χ2n) is 4.84. The summed E-state index contributed by atoms with van der Waals surface area (Å²) in [4.78, 5) is 11.8. The van der Waals surface area contributed by atoms with Gasteiger partial charge in [-0.15, -0.1) is 16.8 Å². The number of carbonyl (C=O) groups excluding carboxylic acids is 1. The smallest absolute Gasteiger partial charge is 0.230 e. The molecule has 128 valence electrons. The minimum absolute atomic E-state index is 0.0598. The Kier molecular flexibility index (Phi) is 7.48. The standard InChI is InChI=1S/C16H19BrN4O2S/c1-3-9-21-15(12-4-6-13(17)7-5-12)19-20-16(21)24-11-14(22)18-8-10-23-2/h3-7H,1,8-11H2,2H3,(H,18,22). The first-order valence-electron chi connectivity index (χ1n) is 7.34. The van der Waals surface area contributed by atoms with E-state index in [0.29, 0.717) is 24.9 Å². The van der Waals surface area contributed by atoms with E-state index in [-0.39, 0.29) is 11.7 Å². The molecule has 0 fully saturated rings. The molecule has 0 radical (unpaired) electrons. The number of nitrogens with one attached hydrogen (secondary N) is 1. The number of halogens is 1. The Hall–Kier alpha value is -1.64. The Morgan fingerprint density at radius 1 is 1.42 bits per heavy atom. The molecule has 2 aromatic rings. The quantitative estimate of drug-likeness (QED) is 0.391. The van der Waals surface area contributed by atoms with Crippen LogP contribution in [0.4, 0.5) is 0 Å². The Labute approximate surface area is 153 Å². The molecule has 0 unspecified atom stereocenters. The molecule has 1 aromatic heterocycles. The van der Waals surface area contributed by atoms with E-state index >= 15 is 0 Å². The predicted molar refractivity (Wildman–Crippen MR) is 99.0 cm³/mol. The van der Waals surface area contributed by atoms with Gasteiger partial charge in [0, 0.05) is 30.2 Å². The molecule has 0 aliphatic heterocycles. The van der Waals surface area contributed by atoms with Crippen molar-refractivity contribution < 1.29 is 9.53 Å². The number of hydrogen-bond donors (Lipinski definition) is 1. The van der Waals surface area contributed by atoms with E-state index in [2.05, 4.69) is 38.0 Å². The maximum Gasteiger partial charge on any atom is 0.230 e. The van der Waals surface area contributed by atoms with Gasteiger partial charge in [0.1, 0.15) is 0 Å². The Bertz CT molecular complexity index is 688. The summed E-state index contributed by atoms with van der Waals surface area (Å²) in [6, 6.07) is 7.86. The molecule has 8 heteroatoms. The van der Waals surface area contributed by atoms with Gasteiger partial charge in [-0.1, -0.05) is 45.9 Å². The summed E-state index contributed by atoms with van der Waals surface area (Å²) >= 11 is 4.77. The summed E-state index contributed by atoms with van der Waals surface area (Å²) < 4.78 is 7.86. The maximum absolute atomic E-state index is 11.8. The highest BCUT2D eigenvalue weighted by atomic mass is 79.9. The minimum atomic E-state index is -0.0598. The third kappa shape index (κ3) is 5.19. The van der Waals surface area contributed by atoms with Crippen LogP contribution in [0.15, 0.2) is 46.5 Å². The molecule has 1 aromatic carbocycles. The number of rotatable bonds is 9. The van der Waals surface area contributed by atoms with Gasteiger partial charge in [0.25, 0.3) is 0 Å². The van der Waals surface area contributed by atoms with Crippen molar-refractivity contribution in [3.05, 3.63) is 41.4 Å². The summed E-state index contributed by atoms with van der Waals surface area (Å²) in [5, 5.41) is 12.0. The summed E-state index contributed by atoms with van der Waals surface area (Å²) in [5.74, 6) is 0.972. The normalized spacial score (nSPS) is 10.6. The summed E-state index contributed by atoms with van der Waals surface area (Å²) in [7, 11) is 1.60. The first-order valence-corrected chi connectivity index (χ1v) is 9.12. The average Bonchev–Trinajstić information content (AvgIpc) is 2.97. The predicted octanol–water partition coefficient (Wildman–Crippen LogP) is 2.75. The molecule has 1 heterocycles. The van der Waals surface area contributed by atoms with Crippen molar-refractivity contribution in [1.29, 1.82) is 0 Å². The Morgan fingerprint density at radius 3 is 2.83 bits per heavy atom. The van der Waals surface area contributed by atoms with Crippen LogP contribution in [-0.4, -0.2) is 46.7 Å². The molecule has 2 rings (SSSR count). The molecule has 0 aliphatic rings. The van der Waals surface area contributed by atoms with Gasteiger partial charge >= 0.3 is 0 Å². The van der Waals surface area contributed by atoms with Crippen LogP contribution in [0.1, 0.15) is 0 Å².